The molecule has 1 N–H and O–H groups in total. The Bertz CT molecular complexity index is 446. The molecule has 4 nitrogen and oxygen atoms in total. The summed E-state index contributed by atoms with van der Waals surface area (Å²) in [6, 6.07) is 0.293. The molecule has 1 saturated carbocycles. The number of carbonyl (C=O) groups is 1. The first-order chi connectivity index (χ1) is 8.78. The van der Waals surface area contributed by atoms with Gasteiger partial charge in [0, 0.05) is 23.9 Å². The first kappa shape index (κ1) is 12.1. The number of hydrogen-bond acceptors (Lipinski definition) is 4. The first-order valence-electron chi connectivity index (χ1n) is 6.64. The summed E-state index contributed by atoms with van der Waals surface area (Å²) in [7, 11) is 0. The van der Waals surface area contributed by atoms with Crippen LogP contribution >= 0.6 is 11.3 Å². The lowest BCUT2D eigenvalue weighted by molar-refractivity contribution is 0.00803. The summed E-state index contributed by atoms with van der Waals surface area (Å²) in [4.78, 5) is 16.4. The van der Waals surface area contributed by atoms with Gasteiger partial charge in [0.2, 0.25) is 0 Å². The summed E-state index contributed by atoms with van der Waals surface area (Å²) < 4.78 is 5.54. The third kappa shape index (κ3) is 2.17. The molecule has 0 radical (unpaired) electrons. The molecule has 1 aliphatic carbocycles. The van der Waals surface area contributed by atoms with Gasteiger partial charge in [-0.2, -0.15) is 0 Å². The van der Waals surface area contributed by atoms with Gasteiger partial charge in [-0.15, -0.1) is 11.3 Å². The maximum absolute atomic E-state index is 12.0. The zero-order valence-corrected chi connectivity index (χ0v) is 11.3. The largest absolute Gasteiger partial charge is 0.378 e. The molecule has 98 valence electrons. The first-order valence-corrected chi connectivity index (χ1v) is 7.52. The van der Waals surface area contributed by atoms with Crippen LogP contribution in [0.15, 0.2) is 5.38 Å². The van der Waals surface area contributed by atoms with E-state index in [2.05, 4.69) is 17.2 Å². The Kier molecular flexibility index (Phi) is 3.35. The Morgan fingerprint density at radius 1 is 1.67 bits per heavy atom. The third-order valence-corrected chi connectivity index (χ3v) is 4.74. The van der Waals surface area contributed by atoms with Gasteiger partial charge in [-0.3, -0.25) is 4.79 Å². The number of ether oxygens (including phenoxy) is 1. The van der Waals surface area contributed by atoms with Crippen LogP contribution in [0.5, 0.6) is 0 Å². The molecule has 18 heavy (non-hydrogen) atoms. The van der Waals surface area contributed by atoms with E-state index >= 15 is 0 Å². The van der Waals surface area contributed by atoms with Gasteiger partial charge in [0.05, 0.1) is 11.1 Å². The Morgan fingerprint density at radius 3 is 3.33 bits per heavy atom. The van der Waals surface area contributed by atoms with Crippen molar-refractivity contribution in [3.8, 4) is 0 Å². The molecule has 0 bridgehead atoms. The lowest BCUT2D eigenvalue weighted by Gasteiger charge is -2.39. The standard InChI is InChI=1S/C13H18N2O2S/c1-2-3-12-14-10(7-18-12)13(16)15-9-6-11-8(9)4-5-17-11/h7-9,11H,2-6H2,1H3,(H,15,16)/t8-,9-,11+/m1/s1. The van der Waals surface area contributed by atoms with Crippen LogP contribution < -0.4 is 5.32 Å². The van der Waals surface area contributed by atoms with Crippen LogP contribution in [0.4, 0.5) is 0 Å². The lowest BCUT2D eigenvalue weighted by atomic mass is 9.76. The van der Waals surface area contributed by atoms with Crippen LogP contribution in [0, 0.1) is 5.92 Å². The predicted molar refractivity (Wildman–Crippen MR) is 69.8 cm³/mol. The molecule has 1 aliphatic heterocycles. The second-order valence-corrected chi connectivity index (χ2v) is 6.00. The van der Waals surface area contributed by atoms with E-state index < -0.39 is 0 Å². The smallest absolute Gasteiger partial charge is 0.270 e. The number of thiazole rings is 1. The minimum Gasteiger partial charge on any atom is -0.378 e. The highest BCUT2D eigenvalue weighted by Crippen LogP contribution is 2.38. The monoisotopic (exact) mass is 266 g/mol. The van der Waals surface area contributed by atoms with E-state index in [0.29, 0.717) is 23.8 Å². The van der Waals surface area contributed by atoms with Crippen LogP contribution in [0.1, 0.15) is 41.7 Å². The minimum absolute atomic E-state index is 0.0241. The number of aromatic nitrogens is 1. The van der Waals surface area contributed by atoms with E-state index in [1.54, 1.807) is 11.3 Å². The van der Waals surface area contributed by atoms with E-state index in [4.69, 9.17) is 4.74 Å². The summed E-state index contributed by atoms with van der Waals surface area (Å²) in [5.74, 6) is 0.506. The normalized spacial score (nSPS) is 29.7. The zero-order chi connectivity index (χ0) is 12.5. The van der Waals surface area contributed by atoms with Gasteiger partial charge in [-0.25, -0.2) is 4.98 Å². The number of nitrogens with zero attached hydrogens (tertiary/aromatic N) is 1. The van der Waals surface area contributed by atoms with E-state index in [-0.39, 0.29) is 5.91 Å². The minimum atomic E-state index is -0.0241. The lowest BCUT2D eigenvalue weighted by Crippen LogP contribution is -2.53. The van der Waals surface area contributed by atoms with Crippen molar-refractivity contribution in [3.63, 3.8) is 0 Å². The van der Waals surface area contributed by atoms with Gasteiger partial charge in [0.15, 0.2) is 0 Å². The fourth-order valence-electron chi connectivity index (χ4n) is 2.75. The van der Waals surface area contributed by atoms with Crippen LogP contribution in [0.2, 0.25) is 0 Å². The maximum atomic E-state index is 12.0. The zero-order valence-electron chi connectivity index (χ0n) is 10.5. The van der Waals surface area contributed by atoms with Gasteiger partial charge >= 0.3 is 0 Å². The molecule has 0 aromatic carbocycles. The van der Waals surface area contributed by atoms with E-state index in [1.165, 1.54) is 0 Å². The summed E-state index contributed by atoms with van der Waals surface area (Å²) in [5, 5.41) is 6.00. The summed E-state index contributed by atoms with van der Waals surface area (Å²) in [5.41, 5.74) is 0.575. The molecule has 0 spiro atoms. The Hall–Kier alpha value is -0.940. The second-order valence-electron chi connectivity index (χ2n) is 5.05. The highest BCUT2D eigenvalue weighted by Gasteiger charge is 2.45. The molecule has 1 saturated heterocycles. The molecule has 3 rings (SSSR count). The van der Waals surface area contributed by atoms with Crippen molar-refractivity contribution in [3.05, 3.63) is 16.1 Å². The summed E-state index contributed by atoms with van der Waals surface area (Å²) in [6.07, 6.45) is 4.45. The van der Waals surface area contributed by atoms with Crippen LogP contribution in [0.3, 0.4) is 0 Å². The van der Waals surface area contributed by atoms with Gasteiger partial charge in [0.1, 0.15) is 5.69 Å². The maximum Gasteiger partial charge on any atom is 0.270 e. The van der Waals surface area contributed by atoms with Crippen LogP contribution in [0.25, 0.3) is 0 Å². The van der Waals surface area contributed by atoms with E-state index in [0.717, 1.165) is 37.3 Å². The van der Waals surface area contributed by atoms with Gasteiger partial charge in [0.25, 0.3) is 5.91 Å². The SMILES string of the molecule is CCCc1nc(C(=O)N[C@@H]2C[C@@H]3OCC[C@@H]32)cs1. The molecule has 2 fully saturated rings. The number of carbonyl (C=O) groups excluding carboxylic acids is 1. The van der Waals surface area contributed by atoms with Crippen molar-refractivity contribution >= 4 is 17.2 Å². The molecule has 1 amide bonds. The Labute approximate surface area is 111 Å². The number of rotatable bonds is 4. The molecule has 2 aliphatic rings. The number of aryl methyl sites for hydroxylation is 1. The molecule has 0 unspecified atom stereocenters. The highest BCUT2D eigenvalue weighted by atomic mass is 32.1. The predicted octanol–water partition coefficient (Wildman–Crippen LogP) is 2.00. The summed E-state index contributed by atoms with van der Waals surface area (Å²) >= 11 is 1.58. The van der Waals surface area contributed by atoms with Crippen molar-refractivity contribution in [2.45, 2.75) is 44.8 Å². The Balaban J connectivity index is 1.57. The topological polar surface area (TPSA) is 51.2 Å². The fourth-order valence-corrected chi connectivity index (χ4v) is 3.63. The van der Waals surface area contributed by atoms with Gasteiger partial charge in [-0.1, -0.05) is 6.92 Å². The molecular weight excluding hydrogens is 248 g/mol. The number of nitrogens with one attached hydrogen (secondary N) is 1. The number of fused-ring (bicyclic) bond motifs is 1. The van der Waals surface area contributed by atoms with Crippen molar-refractivity contribution in [2.24, 2.45) is 5.92 Å². The van der Waals surface area contributed by atoms with Crippen molar-refractivity contribution < 1.29 is 9.53 Å². The van der Waals surface area contributed by atoms with E-state index in [1.807, 2.05) is 5.38 Å². The third-order valence-electron chi connectivity index (χ3n) is 3.83. The molecule has 1 aromatic heterocycles. The molecule has 5 heteroatoms. The molecule has 3 atom stereocenters. The van der Waals surface area contributed by atoms with Crippen molar-refractivity contribution in [2.75, 3.05) is 6.61 Å². The van der Waals surface area contributed by atoms with E-state index in [9.17, 15) is 4.79 Å². The van der Waals surface area contributed by atoms with Crippen LogP contribution in [-0.2, 0) is 11.2 Å². The molecule has 2 heterocycles. The average molecular weight is 266 g/mol. The highest BCUT2D eigenvalue weighted by molar-refractivity contribution is 7.09. The Morgan fingerprint density at radius 2 is 2.56 bits per heavy atom. The molecule has 1 aromatic rings. The van der Waals surface area contributed by atoms with Gasteiger partial charge in [-0.05, 0) is 25.7 Å². The number of amides is 1. The van der Waals surface area contributed by atoms with Crippen molar-refractivity contribution in [1.29, 1.82) is 0 Å². The average Bonchev–Trinajstić information content (AvgIpc) is 2.93. The van der Waals surface area contributed by atoms with Gasteiger partial charge < -0.3 is 10.1 Å². The van der Waals surface area contributed by atoms with Crippen molar-refractivity contribution in [1.82, 2.24) is 10.3 Å². The van der Waals surface area contributed by atoms with Crippen LogP contribution in [-0.4, -0.2) is 29.6 Å². The number of hydrogen-bond donors (Lipinski definition) is 1. The quantitative estimate of drug-likeness (QED) is 0.907. The second kappa shape index (κ2) is 4.97. The summed E-state index contributed by atoms with van der Waals surface area (Å²) in [6.45, 7) is 2.97. The molecular formula is C13H18N2O2S. The fraction of sp³-hybridized carbons (Fsp3) is 0.692.